The number of thiophene rings is 1. The predicted octanol–water partition coefficient (Wildman–Crippen LogP) is 4.44. The van der Waals surface area contributed by atoms with Crippen LogP contribution in [0.1, 0.15) is 24.4 Å². The molecule has 0 saturated carbocycles. The van der Waals surface area contributed by atoms with Crippen LogP contribution in [0.5, 0.6) is 0 Å². The van der Waals surface area contributed by atoms with Gasteiger partial charge in [-0.2, -0.15) is 0 Å². The van der Waals surface area contributed by atoms with Crippen LogP contribution < -0.4 is 10.2 Å². The lowest BCUT2D eigenvalue weighted by atomic mass is 9.96. The number of nitrogens with one attached hydrogen (secondary N) is 2. The number of hydrogen-bond donors (Lipinski definition) is 2. The number of H-pyrrole nitrogens is 1. The number of benzene rings is 1. The summed E-state index contributed by atoms with van der Waals surface area (Å²) >= 11 is 1.71. The second kappa shape index (κ2) is 9.16. The normalized spacial score (nSPS) is 15.1. The summed E-state index contributed by atoms with van der Waals surface area (Å²) in [7, 11) is 0. The Morgan fingerprint density at radius 1 is 1.16 bits per heavy atom. The third-order valence-electron chi connectivity index (χ3n) is 6.08. The first kappa shape index (κ1) is 20.2. The van der Waals surface area contributed by atoms with Gasteiger partial charge in [-0.25, -0.2) is 15.0 Å². The van der Waals surface area contributed by atoms with E-state index in [4.69, 9.17) is 4.98 Å². The second-order valence-corrected chi connectivity index (χ2v) is 9.12. The first-order chi connectivity index (χ1) is 15.3. The van der Waals surface area contributed by atoms with Crippen LogP contribution in [0.15, 0.2) is 48.2 Å². The number of rotatable bonds is 7. The summed E-state index contributed by atoms with van der Waals surface area (Å²) in [5.41, 5.74) is 3.53. The molecule has 7 heteroatoms. The van der Waals surface area contributed by atoms with Crippen LogP contribution in [0.2, 0.25) is 0 Å². The van der Waals surface area contributed by atoms with Crippen LogP contribution in [-0.4, -0.2) is 46.1 Å². The smallest absolute Gasteiger partial charge is 0.141 e. The highest BCUT2D eigenvalue weighted by atomic mass is 32.1. The van der Waals surface area contributed by atoms with Crippen molar-refractivity contribution >= 4 is 27.4 Å². The highest BCUT2D eigenvalue weighted by molar-refractivity contribution is 7.17. The van der Waals surface area contributed by atoms with Gasteiger partial charge in [0, 0.05) is 43.2 Å². The van der Waals surface area contributed by atoms with Gasteiger partial charge in [0.15, 0.2) is 0 Å². The maximum Gasteiger partial charge on any atom is 0.141 e. The molecule has 0 unspecified atom stereocenters. The third-order valence-corrected chi connectivity index (χ3v) is 6.97. The summed E-state index contributed by atoms with van der Waals surface area (Å²) < 4.78 is 0. The van der Waals surface area contributed by atoms with Crippen LogP contribution in [0.4, 0.5) is 5.82 Å². The SMILES string of the molecule is Cc1c[nH]c(CCNCC2CCN(c3ncnc4scc(-c5ccccc5)c34)CC2)n1. The van der Waals surface area contributed by atoms with Crippen LogP contribution in [-0.2, 0) is 6.42 Å². The first-order valence-electron chi connectivity index (χ1n) is 11.0. The van der Waals surface area contributed by atoms with Gasteiger partial charge in [0.05, 0.1) is 11.1 Å². The van der Waals surface area contributed by atoms with Gasteiger partial charge >= 0.3 is 0 Å². The fourth-order valence-corrected chi connectivity index (χ4v) is 5.29. The number of hydrogen-bond acceptors (Lipinski definition) is 6. The number of piperidine rings is 1. The molecule has 4 heterocycles. The predicted molar refractivity (Wildman–Crippen MR) is 128 cm³/mol. The molecule has 1 fully saturated rings. The van der Waals surface area contributed by atoms with E-state index in [1.165, 1.54) is 29.4 Å². The molecule has 0 atom stereocenters. The van der Waals surface area contributed by atoms with Crippen molar-refractivity contribution < 1.29 is 0 Å². The average Bonchev–Trinajstić information content (AvgIpc) is 3.44. The minimum Gasteiger partial charge on any atom is -0.356 e. The molecule has 1 aromatic carbocycles. The molecular weight excluding hydrogens is 404 g/mol. The van der Waals surface area contributed by atoms with Crippen LogP contribution >= 0.6 is 11.3 Å². The lowest BCUT2D eigenvalue weighted by Gasteiger charge is -2.33. The molecular formula is C24H28N6S. The quantitative estimate of drug-likeness (QED) is 0.423. The number of aromatic nitrogens is 4. The fraction of sp³-hybridized carbons (Fsp3) is 0.375. The lowest BCUT2D eigenvalue weighted by Crippen LogP contribution is -2.38. The van der Waals surface area contributed by atoms with Gasteiger partial charge in [0.1, 0.15) is 22.8 Å². The van der Waals surface area contributed by atoms with Crippen molar-refractivity contribution in [1.82, 2.24) is 25.3 Å². The van der Waals surface area contributed by atoms with Crippen molar-refractivity contribution in [3.05, 3.63) is 59.8 Å². The van der Waals surface area contributed by atoms with Crippen molar-refractivity contribution in [3.8, 4) is 11.1 Å². The number of aromatic amines is 1. The lowest BCUT2D eigenvalue weighted by molar-refractivity contribution is 0.383. The van der Waals surface area contributed by atoms with Crippen molar-refractivity contribution in [3.63, 3.8) is 0 Å². The topological polar surface area (TPSA) is 69.7 Å². The van der Waals surface area contributed by atoms with Gasteiger partial charge in [-0.1, -0.05) is 30.3 Å². The molecule has 5 rings (SSSR count). The zero-order valence-electron chi connectivity index (χ0n) is 17.8. The summed E-state index contributed by atoms with van der Waals surface area (Å²) in [5, 5.41) is 7.04. The summed E-state index contributed by atoms with van der Waals surface area (Å²) in [6.07, 6.45) is 7.00. The Labute approximate surface area is 186 Å². The standard InChI is InChI=1S/C24H28N6S/c1-17-13-26-21(29-17)7-10-25-14-18-8-11-30(12-9-18)23-22-20(19-5-3-2-4-6-19)15-31-24(22)28-16-27-23/h2-6,13,15-16,18,25H,7-12,14H2,1H3,(H,26,29). The van der Waals surface area contributed by atoms with E-state index >= 15 is 0 Å². The van der Waals surface area contributed by atoms with E-state index in [9.17, 15) is 0 Å². The molecule has 1 saturated heterocycles. The summed E-state index contributed by atoms with van der Waals surface area (Å²) in [6, 6.07) is 10.6. The number of imidazole rings is 1. The Kier molecular flexibility index (Phi) is 5.95. The number of aryl methyl sites for hydroxylation is 1. The Bertz CT molecular complexity index is 1130. The first-order valence-corrected chi connectivity index (χ1v) is 11.9. The van der Waals surface area contributed by atoms with E-state index in [-0.39, 0.29) is 0 Å². The molecule has 1 aliphatic rings. The largest absolute Gasteiger partial charge is 0.356 e. The van der Waals surface area contributed by atoms with E-state index in [1.807, 2.05) is 13.1 Å². The van der Waals surface area contributed by atoms with E-state index < -0.39 is 0 Å². The van der Waals surface area contributed by atoms with Gasteiger partial charge < -0.3 is 15.2 Å². The van der Waals surface area contributed by atoms with Gasteiger partial charge in [0.2, 0.25) is 0 Å². The molecule has 0 spiro atoms. The van der Waals surface area contributed by atoms with Gasteiger partial charge in [-0.05, 0) is 37.8 Å². The molecule has 0 radical (unpaired) electrons. The minimum atomic E-state index is 0.711. The Hall–Kier alpha value is -2.77. The summed E-state index contributed by atoms with van der Waals surface area (Å²) in [6.45, 7) is 6.14. The Morgan fingerprint density at radius 3 is 2.77 bits per heavy atom. The van der Waals surface area contributed by atoms with Crippen LogP contribution in [0.25, 0.3) is 21.3 Å². The van der Waals surface area contributed by atoms with Crippen LogP contribution in [0, 0.1) is 12.8 Å². The van der Waals surface area contributed by atoms with Crippen molar-refractivity contribution in [2.75, 3.05) is 31.1 Å². The molecule has 4 aromatic rings. The van der Waals surface area contributed by atoms with Crippen molar-refractivity contribution in [1.29, 1.82) is 0 Å². The van der Waals surface area contributed by atoms with E-state index in [2.05, 4.69) is 60.9 Å². The number of nitrogens with zero attached hydrogens (tertiary/aromatic N) is 4. The molecule has 2 N–H and O–H groups in total. The maximum atomic E-state index is 4.72. The highest BCUT2D eigenvalue weighted by Crippen LogP contribution is 2.38. The van der Waals surface area contributed by atoms with Crippen LogP contribution in [0.3, 0.4) is 0 Å². The zero-order valence-corrected chi connectivity index (χ0v) is 18.7. The molecule has 0 amide bonds. The van der Waals surface area contributed by atoms with E-state index in [0.717, 1.165) is 54.8 Å². The summed E-state index contributed by atoms with van der Waals surface area (Å²) in [4.78, 5) is 20.5. The van der Waals surface area contributed by atoms with Gasteiger partial charge in [-0.15, -0.1) is 11.3 Å². The zero-order chi connectivity index (χ0) is 21.0. The third kappa shape index (κ3) is 4.48. The summed E-state index contributed by atoms with van der Waals surface area (Å²) in [5.74, 6) is 2.87. The van der Waals surface area contributed by atoms with E-state index in [1.54, 1.807) is 17.7 Å². The number of anilines is 1. The minimum absolute atomic E-state index is 0.711. The van der Waals surface area contributed by atoms with Gasteiger partial charge in [-0.3, -0.25) is 0 Å². The fourth-order valence-electron chi connectivity index (χ4n) is 4.38. The molecule has 31 heavy (non-hydrogen) atoms. The molecule has 1 aliphatic heterocycles. The number of fused-ring (bicyclic) bond motifs is 1. The highest BCUT2D eigenvalue weighted by Gasteiger charge is 2.23. The van der Waals surface area contributed by atoms with Gasteiger partial charge in [0.25, 0.3) is 0 Å². The monoisotopic (exact) mass is 432 g/mol. The maximum absolute atomic E-state index is 4.72. The molecule has 6 nitrogen and oxygen atoms in total. The molecule has 160 valence electrons. The van der Waals surface area contributed by atoms with Crippen molar-refractivity contribution in [2.45, 2.75) is 26.2 Å². The van der Waals surface area contributed by atoms with Crippen molar-refractivity contribution in [2.24, 2.45) is 5.92 Å². The van der Waals surface area contributed by atoms with E-state index in [0.29, 0.717) is 5.92 Å². The molecule has 0 aliphatic carbocycles. The Morgan fingerprint density at radius 2 is 2.00 bits per heavy atom. The molecule has 3 aromatic heterocycles. The second-order valence-electron chi connectivity index (χ2n) is 8.27. The average molecular weight is 433 g/mol. The Balaban J connectivity index is 1.21. The molecule has 0 bridgehead atoms.